The first-order chi connectivity index (χ1) is 15.2. The van der Waals surface area contributed by atoms with E-state index in [0.29, 0.717) is 11.5 Å². The fourth-order valence-corrected chi connectivity index (χ4v) is 5.09. The Morgan fingerprint density at radius 2 is 0.727 bits per heavy atom. The van der Waals surface area contributed by atoms with E-state index in [4.69, 9.17) is 0 Å². The van der Waals surface area contributed by atoms with E-state index in [1.54, 1.807) is 0 Å². The van der Waals surface area contributed by atoms with Crippen LogP contribution in [0.1, 0.15) is 47.2 Å². The Morgan fingerprint density at radius 3 is 0.909 bits per heavy atom. The summed E-state index contributed by atoms with van der Waals surface area (Å²) in [6.07, 6.45) is 0. The van der Waals surface area contributed by atoms with E-state index in [2.05, 4.69) is 89.8 Å². The lowest BCUT2D eigenvalue weighted by atomic mass is 9.70. The summed E-state index contributed by atoms with van der Waals surface area (Å²) >= 11 is 0. The highest BCUT2D eigenvalue weighted by molar-refractivity contribution is 5.56. The fraction of sp³-hybridized carbons (Fsp3) is 0.556. The average molecular weight is 457 g/mol. The van der Waals surface area contributed by atoms with Crippen LogP contribution in [0.5, 0.6) is 11.5 Å². The molecule has 0 fully saturated rings. The summed E-state index contributed by atoms with van der Waals surface area (Å²) < 4.78 is 0. The lowest BCUT2D eigenvalue weighted by Crippen LogP contribution is -2.31. The number of benzene rings is 2. The molecule has 0 spiro atoms. The SMILES string of the molecule is CN(C)Cc1cc(O)cc(CN(C)C)c1C(C)(C)c1c(CN(C)C)cc(O)cc1CN(C)C. The van der Waals surface area contributed by atoms with Crippen LogP contribution < -0.4 is 0 Å². The van der Waals surface area contributed by atoms with Crippen LogP contribution >= 0.6 is 0 Å². The van der Waals surface area contributed by atoms with Crippen molar-refractivity contribution in [2.45, 2.75) is 45.4 Å². The molecular formula is C27H44N4O2. The molecule has 33 heavy (non-hydrogen) atoms. The van der Waals surface area contributed by atoms with E-state index in [9.17, 15) is 10.2 Å². The highest BCUT2D eigenvalue weighted by Gasteiger charge is 2.34. The molecule has 0 saturated heterocycles. The highest BCUT2D eigenvalue weighted by atomic mass is 16.3. The second kappa shape index (κ2) is 10.9. The number of phenolic OH excluding ortho intramolecular Hbond substituents is 2. The van der Waals surface area contributed by atoms with E-state index < -0.39 is 0 Å². The smallest absolute Gasteiger partial charge is 0.116 e. The Kier molecular flexibility index (Phi) is 8.94. The molecule has 2 rings (SSSR count). The Balaban J connectivity index is 2.92. The van der Waals surface area contributed by atoms with Gasteiger partial charge in [-0.1, -0.05) is 13.8 Å². The summed E-state index contributed by atoms with van der Waals surface area (Å²) in [7, 11) is 16.5. The number of aromatic hydroxyl groups is 2. The molecule has 0 unspecified atom stereocenters. The Labute approximate surface area is 201 Å². The van der Waals surface area contributed by atoms with Gasteiger partial charge in [-0.2, -0.15) is 0 Å². The normalized spacial score (nSPS) is 12.5. The fourth-order valence-electron chi connectivity index (χ4n) is 5.09. The van der Waals surface area contributed by atoms with Gasteiger partial charge in [-0.3, -0.25) is 0 Å². The van der Waals surface area contributed by atoms with Gasteiger partial charge in [-0.05, 0) is 114 Å². The van der Waals surface area contributed by atoms with Gasteiger partial charge in [0.1, 0.15) is 11.5 Å². The Morgan fingerprint density at radius 1 is 0.515 bits per heavy atom. The lowest BCUT2D eigenvalue weighted by molar-refractivity contribution is 0.374. The molecule has 2 aromatic carbocycles. The van der Waals surface area contributed by atoms with Crippen LogP contribution in [0, 0.1) is 0 Å². The third kappa shape index (κ3) is 6.93. The third-order valence-electron chi connectivity index (χ3n) is 5.77. The molecular weight excluding hydrogens is 412 g/mol. The molecule has 0 heterocycles. The van der Waals surface area contributed by atoms with Crippen molar-refractivity contribution >= 4 is 0 Å². The highest BCUT2D eigenvalue weighted by Crippen LogP contribution is 2.43. The molecule has 0 aliphatic carbocycles. The third-order valence-corrected chi connectivity index (χ3v) is 5.77. The molecule has 0 saturated carbocycles. The van der Waals surface area contributed by atoms with Crippen molar-refractivity contribution in [2.75, 3.05) is 56.4 Å². The molecule has 6 heteroatoms. The van der Waals surface area contributed by atoms with E-state index >= 15 is 0 Å². The summed E-state index contributed by atoms with van der Waals surface area (Å²) in [5.74, 6) is 0.604. The molecule has 2 N–H and O–H groups in total. The van der Waals surface area contributed by atoms with Crippen molar-refractivity contribution in [2.24, 2.45) is 0 Å². The monoisotopic (exact) mass is 456 g/mol. The van der Waals surface area contributed by atoms with Crippen molar-refractivity contribution in [1.29, 1.82) is 0 Å². The first-order valence-electron chi connectivity index (χ1n) is 11.5. The molecule has 2 aromatic rings. The topological polar surface area (TPSA) is 53.4 Å². The van der Waals surface area contributed by atoms with Crippen LogP contribution in [-0.2, 0) is 31.6 Å². The van der Waals surface area contributed by atoms with Gasteiger partial charge < -0.3 is 29.8 Å². The van der Waals surface area contributed by atoms with Crippen molar-refractivity contribution in [3.8, 4) is 11.5 Å². The predicted octanol–water partition coefficient (Wildman–Crippen LogP) is 3.67. The predicted molar refractivity (Wildman–Crippen MR) is 138 cm³/mol. The van der Waals surface area contributed by atoms with Crippen molar-refractivity contribution < 1.29 is 10.2 Å². The maximum Gasteiger partial charge on any atom is 0.116 e. The van der Waals surface area contributed by atoms with Crippen molar-refractivity contribution in [1.82, 2.24) is 19.6 Å². The molecule has 6 nitrogen and oxygen atoms in total. The molecule has 0 bridgehead atoms. The van der Waals surface area contributed by atoms with Crippen LogP contribution in [0.2, 0.25) is 0 Å². The molecule has 0 radical (unpaired) electrons. The van der Waals surface area contributed by atoms with Crippen LogP contribution in [0.15, 0.2) is 24.3 Å². The number of phenols is 2. The zero-order chi connectivity index (χ0) is 25.1. The van der Waals surface area contributed by atoms with E-state index in [1.165, 1.54) is 11.1 Å². The van der Waals surface area contributed by atoms with Gasteiger partial charge in [-0.15, -0.1) is 0 Å². The Hall–Kier alpha value is -2.12. The van der Waals surface area contributed by atoms with Gasteiger partial charge >= 0.3 is 0 Å². The zero-order valence-corrected chi connectivity index (χ0v) is 22.3. The first-order valence-corrected chi connectivity index (χ1v) is 11.5. The molecule has 0 atom stereocenters. The van der Waals surface area contributed by atoms with Crippen LogP contribution in [0.3, 0.4) is 0 Å². The van der Waals surface area contributed by atoms with Gasteiger partial charge in [0, 0.05) is 31.6 Å². The number of hydrogen-bond donors (Lipinski definition) is 2. The van der Waals surface area contributed by atoms with Gasteiger partial charge in [0.2, 0.25) is 0 Å². The van der Waals surface area contributed by atoms with Crippen molar-refractivity contribution in [3.05, 3.63) is 57.6 Å². The summed E-state index contributed by atoms with van der Waals surface area (Å²) in [5, 5.41) is 21.2. The maximum absolute atomic E-state index is 10.6. The molecule has 0 aliphatic heterocycles. The van der Waals surface area contributed by atoms with Crippen LogP contribution in [0.25, 0.3) is 0 Å². The minimum absolute atomic E-state index is 0.302. The number of hydrogen-bond acceptors (Lipinski definition) is 6. The van der Waals surface area contributed by atoms with Crippen LogP contribution in [0.4, 0.5) is 0 Å². The standard InChI is InChI=1S/C27H44N4O2/c1-27(2,25-19(15-28(3)4)11-23(32)12-20(25)16-29(5)6)26-21(17-30(7)8)13-24(33)14-22(26)18-31(9)10/h11-14,32-33H,15-18H2,1-10H3. The van der Waals surface area contributed by atoms with Gasteiger partial charge in [-0.25, -0.2) is 0 Å². The van der Waals surface area contributed by atoms with Gasteiger partial charge in [0.25, 0.3) is 0 Å². The molecule has 0 aliphatic rings. The molecule has 184 valence electrons. The van der Waals surface area contributed by atoms with Crippen LogP contribution in [-0.4, -0.2) is 86.2 Å². The lowest BCUT2D eigenvalue weighted by Gasteiger charge is -2.37. The Bertz CT molecular complexity index is 812. The summed E-state index contributed by atoms with van der Waals surface area (Å²) in [4.78, 5) is 8.58. The summed E-state index contributed by atoms with van der Waals surface area (Å²) in [6, 6.07) is 7.64. The maximum atomic E-state index is 10.6. The van der Waals surface area contributed by atoms with Gasteiger partial charge in [0.15, 0.2) is 0 Å². The first kappa shape index (κ1) is 27.1. The summed E-state index contributed by atoms with van der Waals surface area (Å²) in [5.41, 5.74) is 6.64. The quantitative estimate of drug-likeness (QED) is 0.569. The zero-order valence-electron chi connectivity index (χ0n) is 22.3. The van der Waals surface area contributed by atoms with Crippen molar-refractivity contribution in [3.63, 3.8) is 0 Å². The van der Waals surface area contributed by atoms with E-state index in [0.717, 1.165) is 48.4 Å². The number of rotatable bonds is 10. The number of nitrogens with zero attached hydrogens (tertiary/aromatic N) is 4. The minimum atomic E-state index is -0.352. The minimum Gasteiger partial charge on any atom is -0.508 e. The average Bonchev–Trinajstić information content (AvgIpc) is 2.57. The van der Waals surface area contributed by atoms with E-state index in [-0.39, 0.29) is 5.41 Å². The van der Waals surface area contributed by atoms with Gasteiger partial charge in [0.05, 0.1) is 0 Å². The second-order valence-corrected chi connectivity index (χ2v) is 10.9. The molecule has 0 aromatic heterocycles. The summed E-state index contributed by atoms with van der Waals surface area (Å²) in [6.45, 7) is 7.50. The molecule has 0 amide bonds. The second-order valence-electron chi connectivity index (χ2n) is 10.9. The van der Waals surface area contributed by atoms with E-state index in [1.807, 2.05) is 24.3 Å². The largest absolute Gasteiger partial charge is 0.508 e.